The van der Waals surface area contributed by atoms with Crippen molar-refractivity contribution in [2.45, 2.75) is 12.3 Å². The number of methoxy groups -OCH3 is 1. The SMILES string of the molecule is COc1cc(F)c(C(Cl)c2cc(C)c(Br)s2)c(F)c1. The summed E-state index contributed by atoms with van der Waals surface area (Å²) in [5.41, 5.74) is 0.830. The van der Waals surface area contributed by atoms with E-state index < -0.39 is 17.0 Å². The molecule has 0 aliphatic heterocycles. The highest BCUT2D eigenvalue weighted by Crippen LogP contribution is 2.40. The molecule has 0 spiro atoms. The topological polar surface area (TPSA) is 9.23 Å². The van der Waals surface area contributed by atoms with Crippen molar-refractivity contribution < 1.29 is 13.5 Å². The molecule has 0 aliphatic rings. The zero-order valence-corrected chi connectivity index (χ0v) is 13.3. The van der Waals surface area contributed by atoms with Gasteiger partial charge < -0.3 is 4.74 Å². The molecule has 1 aromatic heterocycles. The van der Waals surface area contributed by atoms with Gasteiger partial charge in [-0.15, -0.1) is 22.9 Å². The average molecular weight is 368 g/mol. The number of hydrogen-bond acceptors (Lipinski definition) is 2. The minimum Gasteiger partial charge on any atom is -0.497 e. The van der Waals surface area contributed by atoms with Gasteiger partial charge in [-0.3, -0.25) is 0 Å². The van der Waals surface area contributed by atoms with Gasteiger partial charge in [0.05, 0.1) is 16.3 Å². The Kier molecular flexibility index (Phi) is 4.48. The van der Waals surface area contributed by atoms with Crippen LogP contribution in [-0.2, 0) is 0 Å². The molecule has 0 bridgehead atoms. The molecular formula is C13H10BrClF2OS. The molecule has 2 rings (SSSR count). The van der Waals surface area contributed by atoms with E-state index in [4.69, 9.17) is 16.3 Å². The first-order valence-electron chi connectivity index (χ1n) is 5.37. The predicted molar refractivity (Wildman–Crippen MR) is 77.4 cm³/mol. The molecule has 0 aliphatic carbocycles. The number of alkyl halides is 1. The minimum atomic E-state index is -0.860. The molecule has 0 saturated carbocycles. The molecular weight excluding hydrogens is 358 g/mol. The Morgan fingerprint density at radius 2 is 1.84 bits per heavy atom. The Hall–Kier alpha value is -0.650. The number of aryl methyl sites for hydroxylation is 1. The van der Waals surface area contributed by atoms with Crippen molar-refractivity contribution in [1.29, 1.82) is 0 Å². The van der Waals surface area contributed by atoms with Crippen LogP contribution in [-0.4, -0.2) is 7.11 Å². The monoisotopic (exact) mass is 366 g/mol. The van der Waals surface area contributed by atoms with Crippen molar-refractivity contribution in [2.75, 3.05) is 7.11 Å². The zero-order valence-electron chi connectivity index (χ0n) is 10.1. The lowest BCUT2D eigenvalue weighted by Crippen LogP contribution is -2.00. The third-order valence-electron chi connectivity index (χ3n) is 2.67. The van der Waals surface area contributed by atoms with Gasteiger partial charge in [0.1, 0.15) is 17.4 Å². The second kappa shape index (κ2) is 5.77. The summed E-state index contributed by atoms with van der Waals surface area (Å²) in [5, 5.41) is -0.860. The molecule has 1 atom stereocenters. The number of thiophene rings is 1. The molecule has 1 heterocycles. The van der Waals surface area contributed by atoms with Crippen LogP contribution in [0.1, 0.15) is 21.4 Å². The second-order valence-corrected chi connectivity index (χ2v) is 6.81. The fraction of sp³-hybridized carbons (Fsp3) is 0.231. The lowest BCUT2D eigenvalue weighted by molar-refractivity contribution is 0.405. The van der Waals surface area contributed by atoms with Crippen LogP contribution in [0.25, 0.3) is 0 Å². The van der Waals surface area contributed by atoms with Gasteiger partial charge in [-0.2, -0.15) is 0 Å². The quantitative estimate of drug-likeness (QED) is 0.657. The maximum absolute atomic E-state index is 13.9. The predicted octanol–water partition coefficient (Wildman–Crippen LogP) is 5.43. The van der Waals surface area contributed by atoms with Crippen LogP contribution in [0.2, 0.25) is 0 Å². The van der Waals surface area contributed by atoms with E-state index >= 15 is 0 Å². The fourth-order valence-electron chi connectivity index (χ4n) is 1.67. The lowest BCUT2D eigenvalue weighted by atomic mass is 10.1. The second-order valence-electron chi connectivity index (χ2n) is 3.97. The summed E-state index contributed by atoms with van der Waals surface area (Å²) < 4.78 is 33.6. The Labute approximate surface area is 127 Å². The molecule has 1 unspecified atom stereocenters. The van der Waals surface area contributed by atoms with Crippen LogP contribution in [0, 0.1) is 18.6 Å². The molecule has 0 radical (unpaired) electrons. The molecule has 0 fully saturated rings. The van der Waals surface area contributed by atoms with Gasteiger partial charge in [0.15, 0.2) is 0 Å². The first-order chi connectivity index (χ1) is 8.93. The number of halogens is 4. The van der Waals surface area contributed by atoms with Crippen molar-refractivity contribution in [3.63, 3.8) is 0 Å². The van der Waals surface area contributed by atoms with Gasteiger partial charge in [-0.05, 0) is 34.5 Å². The van der Waals surface area contributed by atoms with Crippen molar-refractivity contribution >= 4 is 38.9 Å². The standard InChI is InChI=1S/C13H10BrClF2OS/c1-6-3-10(19-13(6)14)12(15)11-8(16)4-7(18-2)5-9(11)17/h3-5,12H,1-2H3. The summed E-state index contributed by atoms with van der Waals surface area (Å²) >= 11 is 10.9. The van der Waals surface area contributed by atoms with Gasteiger partial charge in [0.25, 0.3) is 0 Å². The van der Waals surface area contributed by atoms with Gasteiger partial charge in [-0.1, -0.05) is 0 Å². The number of rotatable bonds is 3. The van der Waals surface area contributed by atoms with Gasteiger partial charge in [-0.25, -0.2) is 8.78 Å². The van der Waals surface area contributed by atoms with E-state index in [1.54, 1.807) is 0 Å². The third-order valence-corrected chi connectivity index (χ3v) is 5.45. The van der Waals surface area contributed by atoms with Gasteiger partial charge in [0, 0.05) is 22.6 Å². The van der Waals surface area contributed by atoms with Crippen molar-refractivity contribution in [1.82, 2.24) is 0 Å². The van der Waals surface area contributed by atoms with E-state index in [-0.39, 0.29) is 11.3 Å². The first kappa shape index (κ1) is 14.8. The maximum atomic E-state index is 13.9. The summed E-state index contributed by atoms with van der Waals surface area (Å²) in [6.45, 7) is 1.90. The Morgan fingerprint density at radius 1 is 1.26 bits per heavy atom. The number of benzene rings is 1. The molecule has 0 N–H and O–H groups in total. The Morgan fingerprint density at radius 3 is 2.26 bits per heavy atom. The summed E-state index contributed by atoms with van der Waals surface area (Å²) in [4.78, 5) is 0.689. The van der Waals surface area contributed by atoms with Crippen LogP contribution >= 0.6 is 38.9 Å². The molecule has 1 aromatic carbocycles. The smallest absolute Gasteiger partial charge is 0.134 e. The average Bonchev–Trinajstić information content (AvgIpc) is 2.68. The van der Waals surface area contributed by atoms with Crippen LogP contribution in [0.5, 0.6) is 5.75 Å². The molecule has 1 nitrogen and oxygen atoms in total. The molecule has 0 saturated heterocycles. The number of hydrogen-bond donors (Lipinski definition) is 0. The zero-order chi connectivity index (χ0) is 14.2. The molecule has 2 aromatic rings. The fourth-order valence-corrected chi connectivity index (χ4v) is 3.64. The normalized spacial score (nSPS) is 12.5. The van der Waals surface area contributed by atoms with Crippen LogP contribution in [0.15, 0.2) is 22.0 Å². The molecule has 6 heteroatoms. The van der Waals surface area contributed by atoms with Gasteiger partial charge >= 0.3 is 0 Å². The van der Waals surface area contributed by atoms with E-state index in [2.05, 4.69) is 15.9 Å². The summed E-state index contributed by atoms with van der Waals surface area (Å²) in [6, 6.07) is 4.07. The summed E-state index contributed by atoms with van der Waals surface area (Å²) in [7, 11) is 1.35. The van der Waals surface area contributed by atoms with E-state index in [1.165, 1.54) is 18.4 Å². The highest BCUT2D eigenvalue weighted by molar-refractivity contribution is 9.11. The van der Waals surface area contributed by atoms with Crippen LogP contribution in [0.3, 0.4) is 0 Å². The largest absolute Gasteiger partial charge is 0.497 e. The molecule has 0 amide bonds. The van der Waals surface area contributed by atoms with Gasteiger partial charge in [0.2, 0.25) is 0 Å². The maximum Gasteiger partial charge on any atom is 0.134 e. The molecule has 102 valence electrons. The Bertz CT molecular complexity index is 572. The van der Waals surface area contributed by atoms with Crippen molar-refractivity contribution in [2.24, 2.45) is 0 Å². The van der Waals surface area contributed by atoms with E-state index in [9.17, 15) is 8.78 Å². The van der Waals surface area contributed by atoms with E-state index in [0.717, 1.165) is 21.5 Å². The number of ether oxygens (including phenoxy) is 1. The van der Waals surface area contributed by atoms with Crippen LogP contribution < -0.4 is 4.74 Å². The van der Waals surface area contributed by atoms with Crippen LogP contribution in [0.4, 0.5) is 8.78 Å². The van der Waals surface area contributed by atoms with Crippen molar-refractivity contribution in [3.8, 4) is 5.75 Å². The first-order valence-corrected chi connectivity index (χ1v) is 7.41. The highest BCUT2D eigenvalue weighted by Gasteiger charge is 2.23. The summed E-state index contributed by atoms with van der Waals surface area (Å²) in [5.74, 6) is -1.29. The van der Waals surface area contributed by atoms with E-state index in [1.807, 2.05) is 13.0 Å². The van der Waals surface area contributed by atoms with Crippen molar-refractivity contribution in [3.05, 3.63) is 49.6 Å². The Balaban J connectivity index is 2.46. The highest BCUT2D eigenvalue weighted by atomic mass is 79.9. The summed E-state index contributed by atoms with van der Waals surface area (Å²) in [6.07, 6.45) is 0. The lowest BCUT2D eigenvalue weighted by Gasteiger charge is -2.11. The minimum absolute atomic E-state index is 0.131. The molecule has 19 heavy (non-hydrogen) atoms. The third kappa shape index (κ3) is 2.93. The van der Waals surface area contributed by atoms with E-state index in [0.29, 0.717) is 4.88 Å².